The molecular formula is C15H28N2O. The lowest BCUT2D eigenvalue weighted by atomic mass is 10.0. The maximum atomic E-state index is 6.26. The zero-order chi connectivity index (χ0) is 12.7. The Kier molecular flexibility index (Phi) is 3.65. The van der Waals surface area contributed by atoms with Crippen molar-refractivity contribution >= 4 is 0 Å². The van der Waals surface area contributed by atoms with E-state index in [9.17, 15) is 0 Å². The van der Waals surface area contributed by atoms with Crippen molar-refractivity contribution < 1.29 is 4.74 Å². The van der Waals surface area contributed by atoms with Crippen molar-refractivity contribution in [2.45, 2.75) is 51.4 Å². The average molecular weight is 252 g/mol. The van der Waals surface area contributed by atoms with Crippen LogP contribution in [0.3, 0.4) is 0 Å². The van der Waals surface area contributed by atoms with Gasteiger partial charge in [-0.2, -0.15) is 0 Å². The maximum absolute atomic E-state index is 6.26. The first kappa shape index (κ1) is 12.9. The van der Waals surface area contributed by atoms with Crippen molar-refractivity contribution in [3.63, 3.8) is 0 Å². The van der Waals surface area contributed by atoms with E-state index in [1.54, 1.807) is 0 Å². The highest BCUT2D eigenvalue weighted by atomic mass is 16.5. The molecule has 1 saturated carbocycles. The molecule has 2 heterocycles. The second kappa shape index (κ2) is 5.10. The van der Waals surface area contributed by atoms with Gasteiger partial charge in [0, 0.05) is 38.1 Å². The summed E-state index contributed by atoms with van der Waals surface area (Å²) in [6.45, 7) is 9.45. The Morgan fingerprint density at radius 1 is 1.28 bits per heavy atom. The fourth-order valence-corrected chi connectivity index (χ4v) is 3.41. The van der Waals surface area contributed by atoms with E-state index < -0.39 is 0 Å². The maximum Gasteiger partial charge on any atom is 0.0747 e. The van der Waals surface area contributed by atoms with Crippen LogP contribution in [0.1, 0.15) is 33.1 Å². The van der Waals surface area contributed by atoms with E-state index in [-0.39, 0.29) is 0 Å². The van der Waals surface area contributed by atoms with Crippen LogP contribution in [0.5, 0.6) is 0 Å². The molecular weight excluding hydrogens is 224 g/mol. The number of likely N-dealkylation sites (tertiary alicyclic amines) is 1. The summed E-state index contributed by atoms with van der Waals surface area (Å²) < 4.78 is 6.26. The van der Waals surface area contributed by atoms with Crippen LogP contribution in [-0.4, -0.2) is 61.3 Å². The molecule has 3 nitrogen and oxygen atoms in total. The molecule has 0 aromatic heterocycles. The van der Waals surface area contributed by atoms with Crippen molar-refractivity contribution in [2.24, 2.45) is 11.8 Å². The summed E-state index contributed by atoms with van der Waals surface area (Å²) in [6, 6.07) is 0.625. The Bertz CT molecular complexity index is 276. The number of ether oxygens (including phenoxy) is 1. The second-order valence-corrected chi connectivity index (χ2v) is 6.99. The van der Waals surface area contributed by atoms with Crippen molar-refractivity contribution in [1.82, 2.24) is 9.80 Å². The Morgan fingerprint density at radius 2 is 2.06 bits per heavy atom. The first-order valence-electron chi connectivity index (χ1n) is 7.70. The summed E-state index contributed by atoms with van der Waals surface area (Å²) >= 11 is 0. The summed E-state index contributed by atoms with van der Waals surface area (Å²) in [6.07, 6.45) is 5.23. The number of likely N-dealkylation sites (N-methyl/N-ethyl adjacent to an activating group) is 1. The third-order valence-corrected chi connectivity index (χ3v) is 4.98. The van der Waals surface area contributed by atoms with Gasteiger partial charge in [-0.1, -0.05) is 0 Å². The van der Waals surface area contributed by atoms with Crippen LogP contribution >= 0.6 is 0 Å². The minimum atomic E-state index is 0.482. The van der Waals surface area contributed by atoms with Gasteiger partial charge < -0.3 is 14.5 Å². The van der Waals surface area contributed by atoms with Crippen molar-refractivity contribution in [2.75, 3.05) is 33.2 Å². The standard InChI is InChI=1S/C15H28N2O/c1-11(2)16(3)9-14-6-13-8-17(7-12-4-5-12)10-15(13)18-14/h11-15H,4-10H2,1-3H3/t13-,14-,15+/m1/s1. The van der Waals surface area contributed by atoms with E-state index >= 15 is 0 Å². The highest BCUT2D eigenvalue weighted by molar-refractivity contribution is 4.94. The van der Waals surface area contributed by atoms with Gasteiger partial charge in [0.05, 0.1) is 12.2 Å². The smallest absolute Gasteiger partial charge is 0.0747 e. The lowest BCUT2D eigenvalue weighted by Crippen LogP contribution is -2.35. The SMILES string of the molecule is CC(C)N(C)C[C@H]1C[C@@H]2CN(CC3CC3)C[C@@H]2O1. The monoisotopic (exact) mass is 252 g/mol. The van der Waals surface area contributed by atoms with Gasteiger partial charge in [-0.3, -0.25) is 0 Å². The van der Waals surface area contributed by atoms with E-state index in [2.05, 4.69) is 30.7 Å². The molecule has 18 heavy (non-hydrogen) atoms. The molecule has 0 N–H and O–H groups in total. The quantitative estimate of drug-likeness (QED) is 0.742. The third-order valence-electron chi connectivity index (χ3n) is 4.98. The molecule has 3 fully saturated rings. The molecule has 104 valence electrons. The molecule has 3 atom stereocenters. The van der Waals surface area contributed by atoms with Crippen LogP contribution in [0.15, 0.2) is 0 Å². The molecule has 2 saturated heterocycles. The van der Waals surface area contributed by atoms with Gasteiger partial charge >= 0.3 is 0 Å². The molecule has 0 radical (unpaired) electrons. The molecule has 0 aromatic rings. The van der Waals surface area contributed by atoms with Crippen LogP contribution < -0.4 is 0 Å². The zero-order valence-electron chi connectivity index (χ0n) is 12.1. The molecule has 3 rings (SSSR count). The number of nitrogens with zero attached hydrogens (tertiary/aromatic N) is 2. The molecule has 0 amide bonds. The number of fused-ring (bicyclic) bond motifs is 1. The van der Waals surface area contributed by atoms with E-state index in [0.717, 1.165) is 18.4 Å². The Hall–Kier alpha value is -0.120. The van der Waals surface area contributed by atoms with E-state index in [1.165, 1.54) is 38.9 Å². The molecule has 0 bridgehead atoms. The summed E-state index contributed by atoms with van der Waals surface area (Å²) in [5, 5.41) is 0. The van der Waals surface area contributed by atoms with Crippen molar-refractivity contribution in [3.8, 4) is 0 Å². The highest BCUT2D eigenvalue weighted by Crippen LogP contribution is 2.36. The van der Waals surface area contributed by atoms with Gasteiger partial charge in [0.1, 0.15) is 0 Å². The lowest BCUT2D eigenvalue weighted by Gasteiger charge is -2.25. The fraction of sp³-hybridized carbons (Fsp3) is 1.00. The molecule has 1 aliphatic carbocycles. The Balaban J connectivity index is 1.44. The fourth-order valence-electron chi connectivity index (χ4n) is 3.41. The van der Waals surface area contributed by atoms with Crippen LogP contribution in [0.2, 0.25) is 0 Å². The third kappa shape index (κ3) is 2.89. The van der Waals surface area contributed by atoms with Gasteiger partial charge in [0.15, 0.2) is 0 Å². The normalized spacial score (nSPS) is 36.8. The first-order chi connectivity index (χ1) is 8.61. The van der Waals surface area contributed by atoms with Crippen molar-refractivity contribution in [1.29, 1.82) is 0 Å². The minimum Gasteiger partial charge on any atom is -0.372 e. The number of hydrogen-bond donors (Lipinski definition) is 0. The van der Waals surface area contributed by atoms with Crippen LogP contribution in [0, 0.1) is 11.8 Å². The van der Waals surface area contributed by atoms with Crippen molar-refractivity contribution in [3.05, 3.63) is 0 Å². The van der Waals surface area contributed by atoms with E-state index in [1.807, 2.05) is 0 Å². The second-order valence-electron chi connectivity index (χ2n) is 6.99. The topological polar surface area (TPSA) is 15.7 Å². The average Bonchev–Trinajstić information content (AvgIpc) is 2.90. The van der Waals surface area contributed by atoms with E-state index in [0.29, 0.717) is 18.2 Å². The van der Waals surface area contributed by atoms with Crippen LogP contribution in [-0.2, 0) is 4.74 Å². The highest BCUT2D eigenvalue weighted by Gasteiger charge is 2.43. The van der Waals surface area contributed by atoms with Gasteiger partial charge in [0.25, 0.3) is 0 Å². The Labute approximate surface area is 111 Å². The van der Waals surface area contributed by atoms with Gasteiger partial charge in [0.2, 0.25) is 0 Å². The molecule has 2 aliphatic heterocycles. The minimum absolute atomic E-state index is 0.482. The summed E-state index contributed by atoms with van der Waals surface area (Å²) in [5.74, 6) is 1.83. The first-order valence-corrected chi connectivity index (χ1v) is 7.70. The predicted octanol–water partition coefficient (Wildman–Crippen LogP) is 1.83. The molecule has 0 spiro atoms. The molecule has 0 unspecified atom stereocenters. The largest absolute Gasteiger partial charge is 0.372 e. The lowest BCUT2D eigenvalue weighted by molar-refractivity contribution is 0.0173. The van der Waals surface area contributed by atoms with Gasteiger partial charge in [-0.15, -0.1) is 0 Å². The Morgan fingerprint density at radius 3 is 2.67 bits per heavy atom. The number of hydrogen-bond acceptors (Lipinski definition) is 3. The number of rotatable bonds is 5. The molecule has 3 aliphatic rings. The summed E-state index contributed by atoms with van der Waals surface area (Å²) in [5.41, 5.74) is 0. The van der Waals surface area contributed by atoms with Gasteiger partial charge in [-0.05, 0) is 46.1 Å². The zero-order valence-corrected chi connectivity index (χ0v) is 12.1. The summed E-state index contributed by atoms with van der Waals surface area (Å²) in [7, 11) is 2.21. The van der Waals surface area contributed by atoms with E-state index in [4.69, 9.17) is 4.74 Å². The summed E-state index contributed by atoms with van der Waals surface area (Å²) in [4.78, 5) is 5.06. The van der Waals surface area contributed by atoms with Crippen LogP contribution in [0.25, 0.3) is 0 Å². The molecule has 0 aromatic carbocycles. The predicted molar refractivity (Wildman–Crippen MR) is 73.7 cm³/mol. The molecule has 3 heteroatoms. The van der Waals surface area contributed by atoms with Crippen LogP contribution in [0.4, 0.5) is 0 Å². The van der Waals surface area contributed by atoms with Gasteiger partial charge in [-0.25, -0.2) is 0 Å².